The number of carbonyl (C=O) groups is 1. The quantitative estimate of drug-likeness (QED) is 0.550. The minimum Gasteiger partial charge on any atom is -0.461 e. The van der Waals surface area contributed by atoms with Gasteiger partial charge in [-0.1, -0.05) is 37.1 Å². The lowest BCUT2D eigenvalue weighted by Gasteiger charge is -2.28. The normalized spacial score (nSPS) is 18.2. The first kappa shape index (κ1) is 17.5. The number of carbonyl (C=O) groups excluding carboxylic acids is 1. The van der Waals surface area contributed by atoms with Crippen molar-refractivity contribution in [2.75, 3.05) is 6.61 Å². The van der Waals surface area contributed by atoms with Crippen LogP contribution < -0.4 is 0 Å². The fraction of sp³-hybridized carbons (Fsp3) is 0.500. The molecule has 0 spiro atoms. The molecule has 1 aliphatic carbocycles. The summed E-state index contributed by atoms with van der Waals surface area (Å²) in [6.45, 7) is 13.2. The van der Waals surface area contributed by atoms with Gasteiger partial charge < -0.3 is 4.74 Å². The summed E-state index contributed by atoms with van der Waals surface area (Å²) in [5, 5.41) is 0. The summed E-state index contributed by atoms with van der Waals surface area (Å²) in [6, 6.07) is 3.47. The Balaban J connectivity index is 1.98. The Hall–Kier alpha value is -1.90. The molecule has 1 aliphatic rings. The minimum atomic E-state index is -0.306. The molecular formula is C20H27NO2. The van der Waals surface area contributed by atoms with E-state index < -0.39 is 0 Å². The van der Waals surface area contributed by atoms with E-state index in [1.807, 2.05) is 0 Å². The largest absolute Gasteiger partial charge is 0.461 e. The van der Waals surface area contributed by atoms with Crippen LogP contribution in [0.2, 0.25) is 0 Å². The molecule has 2 rings (SSSR count). The number of esters is 1. The molecule has 23 heavy (non-hydrogen) atoms. The molecule has 3 heteroatoms. The molecule has 1 atom stereocenters. The fourth-order valence-electron chi connectivity index (χ4n) is 3.21. The number of aromatic nitrogens is 1. The van der Waals surface area contributed by atoms with Crippen molar-refractivity contribution in [3.63, 3.8) is 0 Å². The van der Waals surface area contributed by atoms with E-state index in [0.29, 0.717) is 18.1 Å². The maximum Gasteiger partial charge on any atom is 0.339 e. The van der Waals surface area contributed by atoms with E-state index in [1.54, 1.807) is 18.3 Å². The van der Waals surface area contributed by atoms with Crippen molar-refractivity contribution >= 4 is 5.97 Å². The Morgan fingerprint density at radius 3 is 2.83 bits per heavy atom. The summed E-state index contributed by atoms with van der Waals surface area (Å²) < 4.78 is 5.51. The van der Waals surface area contributed by atoms with E-state index in [0.717, 1.165) is 12.8 Å². The van der Waals surface area contributed by atoms with E-state index in [4.69, 9.17) is 4.74 Å². The molecule has 1 aromatic rings. The van der Waals surface area contributed by atoms with Crippen molar-refractivity contribution in [1.29, 1.82) is 0 Å². The Kier molecular flexibility index (Phi) is 5.40. The lowest BCUT2D eigenvalue weighted by molar-refractivity contribution is 0.0338. The van der Waals surface area contributed by atoms with E-state index in [9.17, 15) is 4.79 Å². The molecule has 124 valence electrons. The molecular weight excluding hydrogens is 286 g/mol. The second kappa shape index (κ2) is 7.12. The number of hydrogen-bond acceptors (Lipinski definition) is 3. The van der Waals surface area contributed by atoms with Gasteiger partial charge in [0.2, 0.25) is 0 Å². The van der Waals surface area contributed by atoms with Gasteiger partial charge in [-0.2, -0.15) is 0 Å². The standard InChI is InChI=1S/C20H27NO2/c1-14(2)17-9-8-15(3)18(17)11-20(4,5)13-23-19(22)16-7-6-10-21-12-16/h6-7,10,12,17H,1,8-9,11,13H2,2-5H3/t17-/m1/s1. The van der Waals surface area contributed by atoms with Crippen LogP contribution in [-0.4, -0.2) is 17.6 Å². The fourth-order valence-corrected chi connectivity index (χ4v) is 3.21. The van der Waals surface area contributed by atoms with Gasteiger partial charge in [0.15, 0.2) is 0 Å². The zero-order chi connectivity index (χ0) is 17.0. The van der Waals surface area contributed by atoms with Crippen molar-refractivity contribution in [3.05, 3.63) is 53.4 Å². The van der Waals surface area contributed by atoms with Crippen LogP contribution in [0.4, 0.5) is 0 Å². The molecule has 0 aromatic carbocycles. The van der Waals surface area contributed by atoms with Crippen molar-refractivity contribution in [3.8, 4) is 0 Å². The highest BCUT2D eigenvalue weighted by Gasteiger charge is 2.30. The monoisotopic (exact) mass is 313 g/mol. The summed E-state index contributed by atoms with van der Waals surface area (Å²) >= 11 is 0. The highest BCUT2D eigenvalue weighted by molar-refractivity contribution is 5.88. The molecule has 0 N–H and O–H groups in total. The van der Waals surface area contributed by atoms with Gasteiger partial charge in [0, 0.05) is 23.7 Å². The van der Waals surface area contributed by atoms with E-state index in [-0.39, 0.29) is 11.4 Å². The highest BCUT2D eigenvalue weighted by atomic mass is 16.5. The second-order valence-electron chi connectivity index (χ2n) is 7.40. The van der Waals surface area contributed by atoms with Crippen molar-refractivity contribution in [2.45, 2.75) is 47.0 Å². The summed E-state index contributed by atoms with van der Waals surface area (Å²) in [5.74, 6) is 0.183. The lowest BCUT2D eigenvalue weighted by Crippen LogP contribution is -2.24. The van der Waals surface area contributed by atoms with E-state index in [1.165, 1.54) is 29.3 Å². The predicted molar refractivity (Wildman–Crippen MR) is 93.2 cm³/mol. The molecule has 0 bridgehead atoms. The van der Waals surface area contributed by atoms with E-state index >= 15 is 0 Å². The molecule has 0 saturated heterocycles. The van der Waals surface area contributed by atoms with Crippen LogP contribution in [-0.2, 0) is 4.74 Å². The zero-order valence-electron chi connectivity index (χ0n) is 14.7. The number of pyridine rings is 1. The minimum absolute atomic E-state index is 0.0908. The SMILES string of the molecule is C=C(C)[C@H]1CCC(C)=C1CC(C)(C)COC(=O)c1cccnc1. The second-order valence-corrected chi connectivity index (χ2v) is 7.40. The number of allylic oxidation sites excluding steroid dienone is 3. The van der Waals surface area contributed by atoms with Gasteiger partial charge in [0.1, 0.15) is 0 Å². The lowest BCUT2D eigenvalue weighted by atomic mass is 9.80. The first-order valence-corrected chi connectivity index (χ1v) is 8.21. The van der Waals surface area contributed by atoms with E-state index in [2.05, 4.69) is 39.3 Å². The van der Waals surface area contributed by atoms with Gasteiger partial charge in [-0.3, -0.25) is 4.98 Å². The third-order valence-electron chi connectivity index (χ3n) is 4.53. The van der Waals surface area contributed by atoms with Crippen molar-refractivity contribution in [2.24, 2.45) is 11.3 Å². The van der Waals surface area contributed by atoms with Crippen LogP contribution in [0.3, 0.4) is 0 Å². The molecule has 0 unspecified atom stereocenters. The van der Waals surface area contributed by atoms with Crippen LogP contribution in [0.5, 0.6) is 0 Å². The first-order valence-electron chi connectivity index (χ1n) is 8.21. The summed E-state index contributed by atoms with van der Waals surface area (Å²) in [7, 11) is 0. The van der Waals surface area contributed by atoms with Crippen LogP contribution in [0, 0.1) is 11.3 Å². The molecule has 0 radical (unpaired) electrons. The van der Waals surface area contributed by atoms with Gasteiger partial charge in [-0.05, 0) is 45.2 Å². The predicted octanol–water partition coefficient (Wildman–Crippen LogP) is 4.96. The van der Waals surface area contributed by atoms with Gasteiger partial charge in [0.25, 0.3) is 0 Å². The molecule has 0 aliphatic heterocycles. The Bertz CT molecular complexity index is 614. The Morgan fingerprint density at radius 1 is 1.48 bits per heavy atom. The molecule has 3 nitrogen and oxygen atoms in total. The van der Waals surface area contributed by atoms with Gasteiger partial charge in [0.05, 0.1) is 12.2 Å². The topological polar surface area (TPSA) is 39.2 Å². The zero-order valence-corrected chi connectivity index (χ0v) is 14.7. The summed E-state index contributed by atoms with van der Waals surface area (Å²) in [6.07, 6.45) is 6.45. The third kappa shape index (κ3) is 4.54. The maximum atomic E-state index is 12.1. The molecule has 0 fully saturated rings. The maximum absolute atomic E-state index is 12.1. The molecule has 1 aromatic heterocycles. The summed E-state index contributed by atoms with van der Waals surface area (Å²) in [4.78, 5) is 16.0. The van der Waals surface area contributed by atoms with Gasteiger partial charge in [-0.15, -0.1) is 0 Å². The van der Waals surface area contributed by atoms with Crippen LogP contribution in [0.15, 0.2) is 47.8 Å². The molecule has 0 saturated carbocycles. The number of nitrogens with zero attached hydrogens (tertiary/aromatic N) is 1. The smallest absolute Gasteiger partial charge is 0.339 e. The van der Waals surface area contributed by atoms with Crippen molar-refractivity contribution in [1.82, 2.24) is 4.98 Å². The molecule has 0 amide bonds. The van der Waals surface area contributed by atoms with Gasteiger partial charge in [-0.25, -0.2) is 4.79 Å². The average molecular weight is 313 g/mol. The Morgan fingerprint density at radius 2 is 2.22 bits per heavy atom. The highest BCUT2D eigenvalue weighted by Crippen LogP contribution is 2.42. The van der Waals surface area contributed by atoms with Crippen LogP contribution >= 0.6 is 0 Å². The summed E-state index contributed by atoms with van der Waals surface area (Å²) in [5.41, 5.74) is 4.61. The van der Waals surface area contributed by atoms with Crippen LogP contribution in [0.1, 0.15) is 57.3 Å². The first-order chi connectivity index (χ1) is 10.8. The average Bonchev–Trinajstić information content (AvgIpc) is 2.86. The number of rotatable bonds is 6. The third-order valence-corrected chi connectivity index (χ3v) is 4.53. The van der Waals surface area contributed by atoms with Crippen molar-refractivity contribution < 1.29 is 9.53 Å². The molecule has 1 heterocycles. The number of ether oxygens (including phenoxy) is 1. The van der Waals surface area contributed by atoms with Crippen LogP contribution in [0.25, 0.3) is 0 Å². The van der Waals surface area contributed by atoms with Gasteiger partial charge >= 0.3 is 5.97 Å². The Labute approximate surface area is 139 Å². The number of hydrogen-bond donors (Lipinski definition) is 0.